The van der Waals surface area contributed by atoms with E-state index in [0.29, 0.717) is 30.8 Å². The number of urea groups is 1. The molecule has 2 aliphatic rings. The van der Waals surface area contributed by atoms with Gasteiger partial charge in [-0.2, -0.15) is 13.2 Å². The predicted octanol–water partition coefficient (Wildman–Crippen LogP) is 5.49. The molecule has 2 atom stereocenters. The zero-order valence-electron chi connectivity index (χ0n) is 17.2. The summed E-state index contributed by atoms with van der Waals surface area (Å²) in [5.74, 6) is 1.18. The SMILES string of the molecule is C[C@H]1CC1NC(=O)N1CCC(=Cc2cccc(Oc3ccc(C(F)(F)F)cn3)c2)CC1. The van der Waals surface area contributed by atoms with Crippen molar-refractivity contribution in [2.45, 2.75) is 38.4 Å². The summed E-state index contributed by atoms with van der Waals surface area (Å²) in [6.45, 7) is 3.50. The number of nitrogens with one attached hydrogen (secondary N) is 1. The molecule has 0 radical (unpaired) electrons. The Morgan fingerprint density at radius 3 is 2.58 bits per heavy atom. The first-order valence-corrected chi connectivity index (χ1v) is 10.3. The zero-order valence-corrected chi connectivity index (χ0v) is 17.2. The van der Waals surface area contributed by atoms with Crippen LogP contribution in [0.2, 0.25) is 0 Å². The third-order valence-electron chi connectivity index (χ3n) is 5.63. The largest absolute Gasteiger partial charge is 0.439 e. The van der Waals surface area contributed by atoms with E-state index < -0.39 is 11.7 Å². The number of ether oxygens (including phenoxy) is 1. The van der Waals surface area contributed by atoms with Crippen molar-refractivity contribution < 1.29 is 22.7 Å². The van der Waals surface area contributed by atoms with Gasteiger partial charge in [0.25, 0.3) is 0 Å². The number of pyridine rings is 1. The monoisotopic (exact) mass is 431 g/mol. The van der Waals surface area contributed by atoms with Crippen LogP contribution in [0.5, 0.6) is 11.6 Å². The summed E-state index contributed by atoms with van der Waals surface area (Å²) in [7, 11) is 0. The average Bonchev–Trinajstić information content (AvgIpc) is 3.43. The lowest BCUT2D eigenvalue weighted by Gasteiger charge is -2.28. The standard InChI is InChI=1S/C23H24F3N3O2/c1-15-11-20(15)28-22(30)29-9-7-16(8-10-29)12-17-3-2-4-19(13-17)31-21-6-5-18(14-27-21)23(24,25)26/h2-6,12-15,20H,7-11H2,1H3,(H,28,30)/t15-,20?/m0/s1. The van der Waals surface area contributed by atoms with Crippen molar-refractivity contribution in [3.63, 3.8) is 0 Å². The molecular weight excluding hydrogens is 407 g/mol. The first-order valence-electron chi connectivity index (χ1n) is 10.3. The molecule has 1 saturated heterocycles. The lowest BCUT2D eigenvalue weighted by Crippen LogP contribution is -2.44. The van der Waals surface area contributed by atoms with Crippen LogP contribution < -0.4 is 10.1 Å². The summed E-state index contributed by atoms with van der Waals surface area (Å²) in [6.07, 6.45) is 1.08. The minimum Gasteiger partial charge on any atom is -0.439 e. The van der Waals surface area contributed by atoms with Crippen molar-refractivity contribution in [1.29, 1.82) is 0 Å². The van der Waals surface area contributed by atoms with Crippen LogP contribution in [-0.4, -0.2) is 35.0 Å². The van der Waals surface area contributed by atoms with E-state index in [9.17, 15) is 18.0 Å². The fraction of sp³-hybridized carbons (Fsp3) is 0.391. The quantitative estimate of drug-likeness (QED) is 0.697. The van der Waals surface area contributed by atoms with Gasteiger partial charge < -0.3 is 15.0 Å². The summed E-state index contributed by atoms with van der Waals surface area (Å²) in [6, 6.07) is 9.81. The molecule has 1 aliphatic carbocycles. The summed E-state index contributed by atoms with van der Waals surface area (Å²) in [4.78, 5) is 17.9. The summed E-state index contributed by atoms with van der Waals surface area (Å²) in [5.41, 5.74) is 1.36. The summed E-state index contributed by atoms with van der Waals surface area (Å²) in [5, 5.41) is 3.06. The van der Waals surface area contributed by atoms with E-state index in [1.165, 1.54) is 11.6 Å². The van der Waals surface area contributed by atoms with Gasteiger partial charge in [-0.1, -0.05) is 30.7 Å². The molecule has 1 N–H and O–H groups in total. The number of carbonyl (C=O) groups excluding carboxylic acids is 1. The number of hydrogen-bond donors (Lipinski definition) is 1. The highest BCUT2D eigenvalue weighted by Gasteiger charge is 2.35. The lowest BCUT2D eigenvalue weighted by molar-refractivity contribution is -0.137. The van der Waals surface area contributed by atoms with Gasteiger partial charge in [0.15, 0.2) is 0 Å². The number of halogens is 3. The minimum absolute atomic E-state index is 0.0211. The lowest BCUT2D eigenvalue weighted by atomic mass is 10.0. The van der Waals surface area contributed by atoms with Crippen molar-refractivity contribution >= 4 is 12.1 Å². The third kappa shape index (κ3) is 5.57. The van der Waals surface area contributed by atoms with Gasteiger partial charge in [-0.05, 0) is 48.9 Å². The highest BCUT2D eigenvalue weighted by atomic mass is 19.4. The van der Waals surface area contributed by atoms with Gasteiger partial charge in [-0.15, -0.1) is 0 Å². The Kier molecular flexibility index (Phi) is 5.89. The fourth-order valence-corrected chi connectivity index (χ4v) is 3.55. The number of benzene rings is 1. The van der Waals surface area contributed by atoms with Gasteiger partial charge in [-0.3, -0.25) is 0 Å². The molecule has 2 aromatic rings. The van der Waals surface area contributed by atoms with Gasteiger partial charge in [0.1, 0.15) is 5.75 Å². The zero-order chi connectivity index (χ0) is 22.0. The molecule has 1 aromatic heterocycles. The van der Waals surface area contributed by atoms with Crippen molar-refractivity contribution in [1.82, 2.24) is 15.2 Å². The van der Waals surface area contributed by atoms with Crippen molar-refractivity contribution in [2.75, 3.05) is 13.1 Å². The Hall–Kier alpha value is -3.03. The number of amides is 2. The van der Waals surface area contributed by atoms with Crippen LogP contribution in [0.25, 0.3) is 6.08 Å². The highest BCUT2D eigenvalue weighted by Crippen LogP contribution is 2.31. The van der Waals surface area contributed by atoms with Gasteiger partial charge in [0, 0.05) is 31.4 Å². The number of piperidine rings is 1. The molecule has 2 amide bonds. The second-order valence-electron chi connectivity index (χ2n) is 8.12. The van der Waals surface area contributed by atoms with Gasteiger partial charge in [-0.25, -0.2) is 9.78 Å². The molecule has 1 unspecified atom stereocenters. The molecule has 0 spiro atoms. The van der Waals surface area contributed by atoms with Crippen LogP contribution in [0, 0.1) is 5.92 Å². The Bertz CT molecular complexity index is 963. The van der Waals surface area contributed by atoms with E-state index in [4.69, 9.17) is 4.74 Å². The molecule has 2 heterocycles. The highest BCUT2D eigenvalue weighted by molar-refractivity contribution is 5.75. The van der Waals surface area contributed by atoms with Crippen LogP contribution in [0.3, 0.4) is 0 Å². The van der Waals surface area contributed by atoms with E-state index in [0.717, 1.165) is 37.1 Å². The van der Waals surface area contributed by atoms with Crippen LogP contribution in [0.4, 0.5) is 18.0 Å². The molecule has 5 nitrogen and oxygen atoms in total. The van der Waals surface area contributed by atoms with Crippen LogP contribution in [0.1, 0.15) is 37.3 Å². The summed E-state index contributed by atoms with van der Waals surface area (Å²) < 4.78 is 43.6. The molecular formula is C23H24F3N3O2. The van der Waals surface area contributed by atoms with E-state index in [-0.39, 0.29) is 11.9 Å². The fourth-order valence-electron chi connectivity index (χ4n) is 3.55. The smallest absolute Gasteiger partial charge is 0.417 e. The third-order valence-corrected chi connectivity index (χ3v) is 5.63. The van der Waals surface area contributed by atoms with E-state index in [1.54, 1.807) is 6.07 Å². The molecule has 31 heavy (non-hydrogen) atoms. The molecule has 0 bridgehead atoms. The Balaban J connectivity index is 1.34. The number of likely N-dealkylation sites (tertiary alicyclic amines) is 1. The normalized spacial score (nSPS) is 20.9. The molecule has 2 fully saturated rings. The first-order chi connectivity index (χ1) is 14.8. The van der Waals surface area contributed by atoms with Gasteiger partial charge in [0.2, 0.25) is 5.88 Å². The predicted molar refractivity (Wildman–Crippen MR) is 111 cm³/mol. The van der Waals surface area contributed by atoms with Crippen molar-refractivity contribution in [3.8, 4) is 11.6 Å². The van der Waals surface area contributed by atoms with Crippen molar-refractivity contribution in [2.24, 2.45) is 5.92 Å². The molecule has 1 saturated carbocycles. The maximum Gasteiger partial charge on any atom is 0.417 e. The molecule has 8 heteroatoms. The van der Waals surface area contributed by atoms with E-state index >= 15 is 0 Å². The number of rotatable bonds is 4. The van der Waals surface area contributed by atoms with Crippen LogP contribution in [0.15, 0.2) is 48.2 Å². The molecule has 1 aliphatic heterocycles. The minimum atomic E-state index is -4.43. The van der Waals surface area contributed by atoms with E-state index in [1.807, 2.05) is 23.1 Å². The number of hydrogen-bond acceptors (Lipinski definition) is 3. The molecule has 4 rings (SSSR count). The molecule has 1 aromatic carbocycles. The Labute approximate surface area is 178 Å². The number of aromatic nitrogens is 1. The number of carbonyl (C=O) groups is 1. The van der Waals surface area contributed by atoms with Crippen LogP contribution in [-0.2, 0) is 6.18 Å². The van der Waals surface area contributed by atoms with E-state index in [2.05, 4.69) is 23.3 Å². The second kappa shape index (κ2) is 8.61. The summed E-state index contributed by atoms with van der Waals surface area (Å²) >= 11 is 0. The first kappa shape index (κ1) is 21.2. The van der Waals surface area contributed by atoms with Gasteiger partial charge in [0.05, 0.1) is 5.56 Å². The Morgan fingerprint density at radius 2 is 1.97 bits per heavy atom. The second-order valence-corrected chi connectivity index (χ2v) is 8.12. The average molecular weight is 431 g/mol. The van der Waals surface area contributed by atoms with Crippen molar-refractivity contribution in [3.05, 3.63) is 59.3 Å². The van der Waals surface area contributed by atoms with Crippen LogP contribution >= 0.6 is 0 Å². The maximum atomic E-state index is 12.7. The maximum absolute atomic E-state index is 12.7. The number of alkyl halides is 3. The van der Waals surface area contributed by atoms with Gasteiger partial charge >= 0.3 is 12.2 Å². The Morgan fingerprint density at radius 1 is 1.23 bits per heavy atom. The number of nitrogens with zero attached hydrogens (tertiary/aromatic N) is 2. The topological polar surface area (TPSA) is 54.5 Å². The molecule has 164 valence electrons.